The molecule has 30 heavy (non-hydrogen) atoms. The Labute approximate surface area is 180 Å². The fourth-order valence-electron chi connectivity index (χ4n) is 2.64. The number of carbonyl (C=O) groups excluding carboxylic acids is 1. The van der Waals surface area contributed by atoms with Crippen LogP contribution >= 0.6 is 15.9 Å². The van der Waals surface area contributed by atoms with Gasteiger partial charge in [-0.15, -0.1) is 0 Å². The molecule has 3 aromatic rings. The normalized spacial score (nSPS) is 10.3. The van der Waals surface area contributed by atoms with Gasteiger partial charge in [0.15, 0.2) is 5.75 Å². The van der Waals surface area contributed by atoms with Crippen molar-refractivity contribution in [2.45, 2.75) is 6.61 Å². The topological polar surface area (TPSA) is 111 Å². The second kappa shape index (κ2) is 9.27. The quantitative estimate of drug-likeness (QED) is 0.373. The molecule has 0 fully saturated rings. The fourth-order valence-corrected chi connectivity index (χ4v) is 2.99. The number of rotatable bonds is 7. The first-order chi connectivity index (χ1) is 14.4. The maximum atomic E-state index is 12.4. The van der Waals surface area contributed by atoms with Gasteiger partial charge in [0.1, 0.15) is 18.1 Å². The summed E-state index contributed by atoms with van der Waals surface area (Å²) in [7, 11) is 1.56. The molecule has 9 heteroatoms. The number of benzene rings is 3. The maximum absolute atomic E-state index is 12.4. The number of amides is 1. The second-order valence-corrected chi connectivity index (χ2v) is 7.11. The van der Waals surface area contributed by atoms with E-state index in [1.54, 1.807) is 37.4 Å². The Hall–Kier alpha value is -3.59. The van der Waals surface area contributed by atoms with Crippen molar-refractivity contribution in [3.8, 4) is 17.2 Å². The number of ether oxygens (including phenoxy) is 2. The average molecular weight is 473 g/mol. The molecule has 0 aliphatic heterocycles. The smallest absolute Gasteiger partial charge is 0.313 e. The molecule has 8 nitrogen and oxygen atoms in total. The van der Waals surface area contributed by atoms with Crippen molar-refractivity contribution in [2.75, 3.05) is 12.4 Å². The predicted octanol–water partition coefficient (Wildman–Crippen LogP) is 4.90. The van der Waals surface area contributed by atoms with Gasteiger partial charge in [0.2, 0.25) is 0 Å². The second-order valence-electron chi connectivity index (χ2n) is 6.19. The number of nitrogens with one attached hydrogen (secondary N) is 1. The van der Waals surface area contributed by atoms with Crippen LogP contribution in [0.1, 0.15) is 15.9 Å². The summed E-state index contributed by atoms with van der Waals surface area (Å²) in [4.78, 5) is 23.3. The average Bonchev–Trinajstić information content (AvgIpc) is 2.73. The van der Waals surface area contributed by atoms with E-state index in [9.17, 15) is 20.0 Å². The Bertz CT molecular complexity index is 1090. The highest BCUT2D eigenvalue weighted by molar-refractivity contribution is 9.10. The van der Waals surface area contributed by atoms with Gasteiger partial charge in [-0.2, -0.15) is 0 Å². The van der Waals surface area contributed by atoms with Gasteiger partial charge >= 0.3 is 5.69 Å². The van der Waals surface area contributed by atoms with E-state index >= 15 is 0 Å². The van der Waals surface area contributed by atoms with Gasteiger partial charge in [-0.25, -0.2) is 0 Å². The predicted molar refractivity (Wildman–Crippen MR) is 114 cm³/mol. The Balaban J connectivity index is 1.75. The Morgan fingerprint density at radius 3 is 2.50 bits per heavy atom. The van der Waals surface area contributed by atoms with Gasteiger partial charge in [0, 0.05) is 16.2 Å². The van der Waals surface area contributed by atoms with Crippen LogP contribution in [0.4, 0.5) is 11.4 Å². The molecule has 0 aliphatic rings. The van der Waals surface area contributed by atoms with E-state index in [-0.39, 0.29) is 35.0 Å². The standard InChI is InChI=1S/C21H17BrN2O6/c1-29-16-6-2-13(3-7-16)12-30-20-9-5-15(11-18(20)24(27)28)23-21(26)17-8-4-14(22)10-19(17)25/h2-11,25H,12H2,1H3,(H,23,26). The highest BCUT2D eigenvalue weighted by Crippen LogP contribution is 2.31. The lowest BCUT2D eigenvalue weighted by Gasteiger charge is -2.10. The molecule has 154 valence electrons. The number of phenolic OH excluding ortho intramolecular Hbond substituents is 1. The lowest BCUT2D eigenvalue weighted by Crippen LogP contribution is -2.12. The number of hydrogen-bond donors (Lipinski definition) is 2. The number of phenols is 1. The molecular weight excluding hydrogens is 456 g/mol. The lowest BCUT2D eigenvalue weighted by molar-refractivity contribution is -0.385. The Morgan fingerprint density at radius 2 is 1.87 bits per heavy atom. The molecule has 3 rings (SSSR count). The first kappa shape index (κ1) is 21.1. The van der Waals surface area contributed by atoms with E-state index in [1.807, 2.05) is 0 Å². The molecule has 0 saturated carbocycles. The minimum Gasteiger partial charge on any atom is -0.507 e. The largest absolute Gasteiger partial charge is 0.507 e. The van der Waals surface area contributed by atoms with Gasteiger partial charge in [0.25, 0.3) is 5.91 Å². The van der Waals surface area contributed by atoms with Gasteiger partial charge in [-0.3, -0.25) is 14.9 Å². The van der Waals surface area contributed by atoms with Crippen LogP contribution in [-0.2, 0) is 6.61 Å². The summed E-state index contributed by atoms with van der Waals surface area (Å²) >= 11 is 3.20. The molecule has 3 aromatic carbocycles. The highest BCUT2D eigenvalue weighted by Gasteiger charge is 2.18. The number of carbonyl (C=O) groups is 1. The van der Waals surface area contributed by atoms with Crippen LogP contribution in [-0.4, -0.2) is 23.0 Å². The zero-order valence-corrected chi connectivity index (χ0v) is 17.4. The molecule has 0 bridgehead atoms. The molecule has 0 atom stereocenters. The molecule has 0 heterocycles. The number of nitro groups is 1. The summed E-state index contributed by atoms with van der Waals surface area (Å²) in [5.41, 5.74) is 0.765. The lowest BCUT2D eigenvalue weighted by atomic mass is 10.1. The van der Waals surface area contributed by atoms with Crippen LogP contribution in [0.25, 0.3) is 0 Å². The van der Waals surface area contributed by atoms with Crippen LogP contribution in [0.3, 0.4) is 0 Å². The minimum atomic E-state index is -0.596. The molecule has 0 saturated heterocycles. The number of halogens is 1. The van der Waals surface area contributed by atoms with Crippen molar-refractivity contribution in [1.82, 2.24) is 0 Å². The Morgan fingerprint density at radius 1 is 1.13 bits per heavy atom. The van der Waals surface area contributed by atoms with Crippen molar-refractivity contribution >= 4 is 33.2 Å². The van der Waals surface area contributed by atoms with E-state index in [0.29, 0.717) is 10.2 Å². The molecule has 0 radical (unpaired) electrons. The summed E-state index contributed by atoms with van der Waals surface area (Å²) in [5.74, 6) is -0.0426. The van der Waals surface area contributed by atoms with Crippen LogP contribution in [0.2, 0.25) is 0 Å². The third-order valence-electron chi connectivity index (χ3n) is 4.17. The van der Waals surface area contributed by atoms with E-state index in [2.05, 4.69) is 21.2 Å². The molecular formula is C21H17BrN2O6. The van der Waals surface area contributed by atoms with Crippen molar-refractivity contribution in [1.29, 1.82) is 0 Å². The summed E-state index contributed by atoms with van der Waals surface area (Å²) in [6.45, 7) is 0.128. The van der Waals surface area contributed by atoms with E-state index in [0.717, 1.165) is 5.56 Å². The fraction of sp³-hybridized carbons (Fsp3) is 0.0952. The van der Waals surface area contributed by atoms with Gasteiger partial charge in [-0.05, 0) is 48.0 Å². The van der Waals surface area contributed by atoms with E-state index in [4.69, 9.17) is 9.47 Å². The van der Waals surface area contributed by atoms with Crippen LogP contribution in [0.15, 0.2) is 65.1 Å². The highest BCUT2D eigenvalue weighted by atomic mass is 79.9. The number of nitrogens with zero attached hydrogens (tertiary/aromatic N) is 1. The number of methoxy groups -OCH3 is 1. The summed E-state index contributed by atoms with van der Waals surface area (Å²) in [6.07, 6.45) is 0. The van der Waals surface area contributed by atoms with E-state index < -0.39 is 10.8 Å². The number of aromatic hydroxyl groups is 1. The summed E-state index contributed by atoms with van der Waals surface area (Å²) in [6, 6.07) is 15.7. The summed E-state index contributed by atoms with van der Waals surface area (Å²) < 4.78 is 11.3. The molecule has 2 N–H and O–H groups in total. The van der Waals surface area contributed by atoms with E-state index in [1.165, 1.54) is 30.3 Å². The molecule has 1 amide bonds. The van der Waals surface area contributed by atoms with Crippen LogP contribution in [0, 0.1) is 10.1 Å². The van der Waals surface area contributed by atoms with Gasteiger partial charge < -0.3 is 19.9 Å². The maximum Gasteiger partial charge on any atom is 0.313 e. The van der Waals surface area contributed by atoms with Crippen molar-refractivity contribution in [3.05, 3.63) is 86.4 Å². The zero-order chi connectivity index (χ0) is 21.7. The third-order valence-corrected chi connectivity index (χ3v) is 4.66. The molecule has 0 aliphatic carbocycles. The number of nitro benzene ring substituents is 1. The van der Waals surface area contributed by atoms with Crippen LogP contribution < -0.4 is 14.8 Å². The van der Waals surface area contributed by atoms with Gasteiger partial charge in [-0.1, -0.05) is 28.1 Å². The number of hydrogen-bond acceptors (Lipinski definition) is 6. The SMILES string of the molecule is COc1ccc(COc2ccc(NC(=O)c3ccc(Br)cc3O)cc2[N+](=O)[O-])cc1. The summed E-state index contributed by atoms with van der Waals surface area (Å²) in [5, 5.41) is 23.9. The molecule has 0 aromatic heterocycles. The Kier molecular flexibility index (Phi) is 6.53. The molecule has 0 spiro atoms. The minimum absolute atomic E-state index is 0.0423. The first-order valence-corrected chi connectivity index (χ1v) is 9.50. The van der Waals surface area contributed by atoms with Gasteiger partial charge in [0.05, 0.1) is 17.6 Å². The van der Waals surface area contributed by atoms with Crippen molar-refractivity contribution < 1.29 is 24.3 Å². The third kappa shape index (κ3) is 5.06. The number of anilines is 1. The van der Waals surface area contributed by atoms with Crippen molar-refractivity contribution in [2.24, 2.45) is 0 Å². The van der Waals surface area contributed by atoms with Crippen molar-refractivity contribution in [3.63, 3.8) is 0 Å². The first-order valence-electron chi connectivity index (χ1n) is 8.71. The molecule has 0 unspecified atom stereocenters. The zero-order valence-electron chi connectivity index (χ0n) is 15.8. The monoisotopic (exact) mass is 472 g/mol. The van der Waals surface area contributed by atoms with Crippen LogP contribution in [0.5, 0.6) is 17.2 Å².